The summed E-state index contributed by atoms with van der Waals surface area (Å²) in [5.41, 5.74) is 5.18. The van der Waals surface area contributed by atoms with Crippen molar-refractivity contribution in [2.75, 3.05) is 0 Å². The Bertz CT molecular complexity index is 469. The average Bonchev–Trinajstić information content (AvgIpc) is 2.40. The first kappa shape index (κ1) is 15.2. The van der Waals surface area contributed by atoms with Gasteiger partial charge in [-0.05, 0) is 49.8 Å². The molecule has 0 heteroatoms. The van der Waals surface area contributed by atoms with Crippen LogP contribution in [0.2, 0.25) is 0 Å². The van der Waals surface area contributed by atoms with E-state index >= 15 is 0 Å². The quantitative estimate of drug-likeness (QED) is 0.448. The summed E-state index contributed by atoms with van der Waals surface area (Å²) in [7, 11) is 0. The first-order chi connectivity index (χ1) is 9.17. The molecule has 0 atom stereocenters. The zero-order valence-corrected chi connectivity index (χ0v) is 12.2. The van der Waals surface area contributed by atoms with Crippen molar-refractivity contribution in [3.63, 3.8) is 0 Å². The Hall–Kier alpha value is -1.82. The predicted octanol–water partition coefficient (Wildman–Crippen LogP) is 5.43. The lowest BCUT2D eigenvalue weighted by Crippen LogP contribution is -1.91. The molecule has 0 fully saturated rings. The van der Waals surface area contributed by atoms with Crippen molar-refractivity contribution in [1.29, 1.82) is 0 Å². The second-order valence-corrected chi connectivity index (χ2v) is 4.81. The molecule has 19 heavy (non-hydrogen) atoms. The first-order valence-electron chi connectivity index (χ1n) is 6.83. The highest BCUT2D eigenvalue weighted by molar-refractivity contribution is 5.32. The van der Waals surface area contributed by atoms with Gasteiger partial charge in [0.1, 0.15) is 0 Å². The van der Waals surface area contributed by atoms with Crippen LogP contribution >= 0.6 is 0 Å². The van der Waals surface area contributed by atoms with E-state index in [1.165, 1.54) is 16.7 Å². The molecule has 0 saturated carbocycles. The van der Waals surface area contributed by atoms with E-state index in [2.05, 4.69) is 56.5 Å². The Labute approximate surface area is 117 Å². The second-order valence-electron chi connectivity index (χ2n) is 4.81. The molecule has 0 saturated heterocycles. The minimum atomic E-state index is 0.943. The summed E-state index contributed by atoms with van der Waals surface area (Å²) in [6.45, 7) is 11.9. The van der Waals surface area contributed by atoms with Crippen LogP contribution in [-0.2, 0) is 12.8 Å². The van der Waals surface area contributed by atoms with Crippen LogP contribution in [0.25, 0.3) is 0 Å². The summed E-state index contributed by atoms with van der Waals surface area (Å²) in [6, 6.07) is 8.80. The van der Waals surface area contributed by atoms with Gasteiger partial charge in [0, 0.05) is 0 Å². The number of hydrogen-bond donors (Lipinski definition) is 0. The molecule has 0 bridgehead atoms. The van der Waals surface area contributed by atoms with E-state index < -0.39 is 0 Å². The van der Waals surface area contributed by atoms with Crippen molar-refractivity contribution < 1.29 is 0 Å². The van der Waals surface area contributed by atoms with Crippen molar-refractivity contribution in [3.8, 4) is 0 Å². The Balaban J connectivity index is 2.64. The van der Waals surface area contributed by atoms with Gasteiger partial charge in [0.15, 0.2) is 0 Å². The third-order valence-corrected chi connectivity index (χ3v) is 3.12. The summed E-state index contributed by atoms with van der Waals surface area (Å²) >= 11 is 0. The third kappa shape index (κ3) is 5.56. The first-order valence-corrected chi connectivity index (χ1v) is 6.83. The van der Waals surface area contributed by atoms with Crippen LogP contribution in [0.5, 0.6) is 0 Å². The molecule has 0 N–H and O–H groups in total. The molecule has 0 radical (unpaired) electrons. The largest absolute Gasteiger partial charge is 0.103 e. The van der Waals surface area contributed by atoms with Gasteiger partial charge in [-0.25, -0.2) is 0 Å². The Morgan fingerprint density at radius 2 is 1.79 bits per heavy atom. The van der Waals surface area contributed by atoms with E-state index in [1.807, 2.05) is 19.1 Å². The van der Waals surface area contributed by atoms with Gasteiger partial charge in [0.25, 0.3) is 0 Å². The maximum Gasteiger partial charge on any atom is -0.0100 e. The lowest BCUT2D eigenvalue weighted by molar-refractivity contribution is 0.947. The smallest absolute Gasteiger partial charge is 0.0100 e. The van der Waals surface area contributed by atoms with Crippen molar-refractivity contribution in [1.82, 2.24) is 0 Å². The fourth-order valence-corrected chi connectivity index (χ4v) is 1.94. The number of aryl methyl sites for hydroxylation is 1. The molecule has 0 nitrogen and oxygen atoms in total. The predicted molar refractivity (Wildman–Crippen MR) is 86.4 cm³/mol. The molecule has 0 aliphatic heterocycles. The van der Waals surface area contributed by atoms with Gasteiger partial charge >= 0.3 is 0 Å². The van der Waals surface area contributed by atoms with Gasteiger partial charge in [-0.15, -0.1) is 6.58 Å². The van der Waals surface area contributed by atoms with Gasteiger partial charge in [0.05, 0.1) is 0 Å². The third-order valence-electron chi connectivity index (χ3n) is 3.12. The Morgan fingerprint density at radius 3 is 2.32 bits per heavy atom. The Kier molecular flexibility index (Phi) is 6.67. The van der Waals surface area contributed by atoms with E-state index in [0.717, 1.165) is 24.8 Å². The lowest BCUT2D eigenvalue weighted by Gasteiger charge is -2.07. The van der Waals surface area contributed by atoms with Gasteiger partial charge < -0.3 is 0 Å². The molecule has 0 heterocycles. The normalized spacial score (nSPS) is 11.8. The maximum absolute atomic E-state index is 4.05. The standard InChI is InChI=1S/C19H24/c1-5-7-9-19(16(3)4)15-14-18-12-10-17(8-6-2)11-13-18/h5-7,9-13H,2-3,8,14-15H2,1,4H3/b7-5-,19-9-. The zero-order valence-electron chi connectivity index (χ0n) is 12.2. The van der Waals surface area contributed by atoms with Crippen molar-refractivity contribution >= 4 is 0 Å². The number of hydrogen-bond acceptors (Lipinski definition) is 0. The second kappa shape index (κ2) is 8.31. The van der Waals surface area contributed by atoms with E-state index in [0.29, 0.717) is 0 Å². The molecule has 1 aromatic carbocycles. The Morgan fingerprint density at radius 1 is 1.16 bits per heavy atom. The van der Waals surface area contributed by atoms with Crippen molar-refractivity contribution in [2.24, 2.45) is 0 Å². The van der Waals surface area contributed by atoms with Gasteiger partial charge in [-0.1, -0.05) is 60.7 Å². The topological polar surface area (TPSA) is 0 Å². The fourth-order valence-electron chi connectivity index (χ4n) is 1.94. The zero-order chi connectivity index (χ0) is 14.1. The highest BCUT2D eigenvalue weighted by Gasteiger charge is 1.99. The number of benzene rings is 1. The molecule has 0 aromatic heterocycles. The molecule has 0 amide bonds. The van der Waals surface area contributed by atoms with Crippen LogP contribution in [0.1, 0.15) is 31.4 Å². The number of allylic oxidation sites excluding steroid dienone is 6. The van der Waals surface area contributed by atoms with Crippen LogP contribution in [-0.4, -0.2) is 0 Å². The fraction of sp³-hybridized carbons (Fsp3) is 0.263. The molecule has 1 aromatic rings. The summed E-state index contributed by atoms with van der Waals surface area (Å²) in [5.74, 6) is 0. The molecule has 0 unspecified atom stereocenters. The molecule has 100 valence electrons. The van der Waals surface area contributed by atoms with Gasteiger partial charge in [0.2, 0.25) is 0 Å². The van der Waals surface area contributed by atoms with E-state index in [4.69, 9.17) is 0 Å². The van der Waals surface area contributed by atoms with Crippen molar-refractivity contribution in [2.45, 2.75) is 33.1 Å². The summed E-state index contributed by atoms with van der Waals surface area (Å²) < 4.78 is 0. The minimum absolute atomic E-state index is 0.943. The van der Waals surface area contributed by atoms with Gasteiger partial charge in [-0.2, -0.15) is 0 Å². The van der Waals surface area contributed by atoms with Gasteiger partial charge in [-0.3, -0.25) is 0 Å². The van der Waals surface area contributed by atoms with Crippen LogP contribution in [0.4, 0.5) is 0 Å². The van der Waals surface area contributed by atoms with Crippen LogP contribution in [0.15, 0.2) is 72.9 Å². The summed E-state index contributed by atoms with van der Waals surface area (Å²) in [4.78, 5) is 0. The number of rotatable bonds is 7. The van der Waals surface area contributed by atoms with Crippen molar-refractivity contribution in [3.05, 3.63) is 84.0 Å². The summed E-state index contributed by atoms with van der Waals surface area (Å²) in [5, 5.41) is 0. The van der Waals surface area contributed by atoms with Crippen LogP contribution in [0, 0.1) is 0 Å². The van der Waals surface area contributed by atoms with Crippen LogP contribution < -0.4 is 0 Å². The minimum Gasteiger partial charge on any atom is -0.103 e. The molecular weight excluding hydrogens is 228 g/mol. The monoisotopic (exact) mass is 252 g/mol. The molecule has 0 spiro atoms. The molecular formula is C19H24. The molecule has 0 aliphatic carbocycles. The van der Waals surface area contributed by atoms with E-state index in [1.54, 1.807) is 0 Å². The van der Waals surface area contributed by atoms with E-state index in [9.17, 15) is 0 Å². The lowest BCUT2D eigenvalue weighted by atomic mass is 9.98. The van der Waals surface area contributed by atoms with E-state index in [-0.39, 0.29) is 0 Å². The molecule has 1 rings (SSSR count). The highest BCUT2D eigenvalue weighted by Crippen LogP contribution is 2.16. The van der Waals surface area contributed by atoms with Crippen LogP contribution in [0.3, 0.4) is 0 Å². The summed E-state index contributed by atoms with van der Waals surface area (Å²) in [6.07, 6.45) is 11.3. The average molecular weight is 252 g/mol. The molecule has 0 aliphatic rings. The SMILES string of the molecule is C=CCc1ccc(CC/C(=C/C=C\C)C(=C)C)cc1. The highest BCUT2D eigenvalue weighted by atomic mass is 14.0. The maximum atomic E-state index is 4.05.